The van der Waals surface area contributed by atoms with Crippen LogP contribution in [0.3, 0.4) is 0 Å². The largest absolute Gasteiger partial charge is 0.455 e. The van der Waals surface area contributed by atoms with Crippen molar-refractivity contribution < 1.29 is 19.1 Å². The number of aromatic nitrogens is 3. The van der Waals surface area contributed by atoms with Crippen LogP contribution < -0.4 is 10.1 Å². The van der Waals surface area contributed by atoms with E-state index in [4.69, 9.17) is 9.47 Å². The molecule has 1 N–H and O–H groups in total. The molecule has 8 heteroatoms. The molecular weight excluding hydrogens is 432 g/mol. The maximum Gasteiger partial charge on any atom is 0.342 e. The minimum absolute atomic E-state index is 0.213. The predicted molar refractivity (Wildman–Crippen MR) is 125 cm³/mol. The highest BCUT2D eigenvalue weighted by Gasteiger charge is 2.28. The molecule has 5 rings (SSSR count). The van der Waals surface area contributed by atoms with Gasteiger partial charge in [-0.05, 0) is 49.2 Å². The highest BCUT2D eigenvalue weighted by atomic mass is 16.5. The summed E-state index contributed by atoms with van der Waals surface area (Å²) >= 11 is 0. The van der Waals surface area contributed by atoms with Crippen LogP contribution in [-0.4, -0.2) is 33.2 Å². The maximum absolute atomic E-state index is 12.7. The van der Waals surface area contributed by atoms with Gasteiger partial charge in [-0.2, -0.15) is 5.10 Å². The van der Waals surface area contributed by atoms with Crippen LogP contribution in [0.25, 0.3) is 5.69 Å². The van der Waals surface area contributed by atoms with Crippen molar-refractivity contribution in [2.24, 2.45) is 0 Å². The molecule has 1 saturated carbocycles. The van der Waals surface area contributed by atoms with E-state index < -0.39 is 18.5 Å². The van der Waals surface area contributed by atoms with E-state index in [1.165, 1.54) is 0 Å². The van der Waals surface area contributed by atoms with Crippen LogP contribution in [0.5, 0.6) is 11.5 Å². The Morgan fingerprint density at radius 2 is 1.79 bits per heavy atom. The monoisotopic (exact) mass is 454 g/mol. The number of esters is 1. The number of carbonyl (C=O) groups excluding carboxylic acids is 2. The smallest absolute Gasteiger partial charge is 0.342 e. The van der Waals surface area contributed by atoms with Gasteiger partial charge in [0, 0.05) is 18.2 Å². The molecule has 2 heterocycles. The van der Waals surface area contributed by atoms with Crippen molar-refractivity contribution in [2.45, 2.75) is 18.8 Å². The van der Waals surface area contributed by atoms with Gasteiger partial charge in [-0.3, -0.25) is 9.78 Å². The molecule has 1 aliphatic carbocycles. The molecule has 0 bridgehead atoms. The Kier molecular flexibility index (Phi) is 6.03. The van der Waals surface area contributed by atoms with Crippen LogP contribution in [0.1, 0.15) is 34.8 Å². The van der Waals surface area contributed by atoms with Gasteiger partial charge in [0.1, 0.15) is 22.9 Å². The normalized spacial score (nSPS) is 12.7. The van der Waals surface area contributed by atoms with Gasteiger partial charge >= 0.3 is 5.97 Å². The maximum atomic E-state index is 12.7. The Morgan fingerprint density at radius 1 is 1.00 bits per heavy atom. The Hall–Kier alpha value is -4.46. The summed E-state index contributed by atoms with van der Waals surface area (Å²) in [5.74, 6) is 0.644. The van der Waals surface area contributed by atoms with Gasteiger partial charge in [-0.25, -0.2) is 9.48 Å². The lowest BCUT2D eigenvalue weighted by Gasteiger charge is -2.11. The van der Waals surface area contributed by atoms with Crippen LogP contribution in [0, 0.1) is 0 Å². The summed E-state index contributed by atoms with van der Waals surface area (Å²) in [5.41, 5.74) is 1.99. The van der Waals surface area contributed by atoms with Crippen LogP contribution >= 0.6 is 0 Å². The highest BCUT2D eigenvalue weighted by molar-refractivity contribution is 5.96. The van der Waals surface area contributed by atoms with Gasteiger partial charge in [-0.15, -0.1) is 0 Å². The second kappa shape index (κ2) is 9.58. The SMILES string of the molecule is O=C(COC(=O)c1ccccc1Oc1cccnc1)Nc1cc(C2CC2)nn1-c1ccccc1. The fourth-order valence-corrected chi connectivity index (χ4v) is 3.48. The van der Waals surface area contributed by atoms with Crippen LogP contribution in [0.2, 0.25) is 0 Å². The average Bonchev–Trinajstić information content (AvgIpc) is 3.64. The molecule has 170 valence electrons. The van der Waals surface area contributed by atoms with Crippen molar-refractivity contribution in [2.75, 3.05) is 11.9 Å². The number of pyridine rings is 1. The summed E-state index contributed by atoms with van der Waals surface area (Å²) in [6.07, 6.45) is 5.36. The molecule has 34 heavy (non-hydrogen) atoms. The minimum atomic E-state index is -0.662. The lowest BCUT2D eigenvalue weighted by atomic mass is 10.2. The predicted octanol–water partition coefficient (Wildman–Crippen LogP) is 4.73. The molecule has 1 aliphatic rings. The zero-order valence-corrected chi connectivity index (χ0v) is 18.3. The molecule has 2 aromatic carbocycles. The average molecular weight is 454 g/mol. The number of carbonyl (C=O) groups is 2. The van der Waals surface area contributed by atoms with Crippen LogP contribution in [0.4, 0.5) is 5.82 Å². The molecule has 0 saturated heterocycles. The number of benzene rings is 2. The van der Waals surface area contributed by atoms with Gasteiger partial charge in [-0.1, -0.05) is 30.3 Å². The molecule has 1 amide bonds. The number of ether oxygens (including phenoxy) is 2. The highest BCUT2D eigenvalue weighted by Crippen LogP contribution is 2.40. The summed E-state index contributed by atoms with van der Waals surface area (Å²) in [7, 11) is 0. The lowest BCUT2D eigenvalue weighted by molar-refractivity contribution is -0.119. The molecular formula is C26H22N4O4. The summed E-state index contributed by atoms with van der Waals surface area (Å²) in [4.78, 5) is 29.3. The minimum Gasteiger partial charge on any atom is -0.455 e. The fourth-order valence-electron chi connectivity index (χ4n) is 3.48. The van der Waals surface area contributed by atoms with E-state index in [1.807, 2.05) is 36.4 Å². The Morgan fingerprint density at radius 3 is 2.56 bits per heavy atom. The third-order valence-electron chi connectivity index (χ3n) is 5.30. The first kappa shape index (κ1) is 21.4. The first-order valence-corrected chi connectivity index (χ1v) is 11.0. The van der Waals surface area contributed by atoms with E-state index in [0.717, 1.165) is 24.2 Å². The molecule has 2 aromatic heterocycles. The van der Waals surface area contributed by atoms with E-state index in [-0.39, 0.29) is 5.56 Å². The third-order valence-corrected chi connectivity index (χ3v) is 5.30. The Labute approximate surface area is 196 Å². The van der Waals surface area contributed by atoms with Crippen LogP contribution in [-0.2, 0) is 9.53 Å². The molecule has 8 nitrogen and oxygen atoms in total. The van der Waals surface area contributed by atoms with E-state index in [9.17, 15) is 9.59 Å². The number of para-hydroxylation sites is 2. The number of amides is 1. The first-order valence-electron chi connectivity index (χ1n) is 11.0. The van der Waals surface area contributed by atoms with Gasteiger partial charge in [0.05, 0.1) is 17.6 Å². The van der Waals surface area contributed by atoms with Crippen molar-refractivity contribution in [3.8, 4) is 17.2 Å². The van der Waals surface area contributed by atoms with E-state index in [1.54, 1.807) is 53.5 Å². The fraction of sp³-hybridized carbons (Fsp3) is 0.154. The van der Waals surface area contributed by atoms with Crippen molar-refractivity contribution in [1.82, 2.24) is 14.8 Å². The molecule has 0 unspecified atom stereocenters. The molecule has 0 aliphatic heterocycles. The zero-order valence-electron chi connectivity index (χ0n) is 18.3. The van der Waals surface area contributed by atoms with Crippen molar-refractivity contribution >= 4 is 17.7 Å². The number of rotatable bonds is 8. The van der Waals surface area contributed by atoms with Gasteiger partial charge in [0.15, 0.2) is 6.61 Å². The summed E-state index contributed by atoms with van der Waals surface area (Å²) in [6.45, 7) is -0.446. The van der Waals surface area contributed by atoms with Crippen LogP contribution in [0.15, 0.2) is 85.2 Å². The van der Waals surface area contributed by atoms with Gasteiger partial charge < -0.3 is 14.8 Å². The number of hydrogen-bond donors (Lipinski definition) is 1. The summed E-state index contributed by atoms with van der Waals surface area (Å²) in [6, 6.07) is 21.6. The Bertz CT molecular complexity index is 1300. The quantitative estimate of drug-likeness (QED) is 0.387. The zero-order chi connectivity index (χ0) is 23.3. The van der Waals surface area contributed by atoms with E-state index in [0.29, 0.717) is 23.2 Å². The molecule has 0 radical (unpaired) electrons. The third kappa shape index (κ3) is 4.96. The molecule has 1 fully saturated rings. The summed E-state index contributed by atoms with van der Waals surface area (Å²) < 4.78 is 12.7. The van der Waals surface area contributed by atoms with Gasteiger partial charge in [0.2, 0.25) is 0 Å². The second-order valence-electron chi connectivity index (χ2n) is 7.89. The first-order chi connectivity index (χ1) is 16.7. The standard InChI is InChI=1S/C26H22N4O4/c31-25(28-24-15-22(18-12-13-18)29-30(24)19-7-2-1-3-8-19)17-33-26(32)21-10-4-5-11-23(21)34-20-9-6-14-27-16-20/h1-11,14-16,18H,12-13,17H2,(H,28,31). The van der Waals surface area contributed by atoms with Crippen molar-refractivity contribution in [3.05, 3.63) is 96.4 Å². The van der Waals surface area contributed by atoms with Gasteiger partial charge in [0.25, 0.3) is 5.91 Å². The van der Waals surface area contributed by atoms with Crippen molar-refractivity contribution in [1.29, 1.82) is 0 Å². The lowest BCUT2D eigenvalue weighted by Crippen LogP contribution is -2.22. The molecule has 0 spiro atoms. The number of nitrogens with one attached hydrogen (secondary N) is 1. The molecule has 0 atom stereocenters. The van der Waals surface area contributed by atoms with E-state index in [2.05, 4.69) is 15.4 Å². The number of anilines is 1. The van der Waals surface area contributed by atoms with Crippen molar-refractivity contribution in [3.63, 3.8) is 0 Å². The second-order valence-corrected chi connectivity index (χ2v) is 7.89. The number of hydrogen-bond acceptors (Lipinski definition) is 6. The Balaban J connectivity index is 1.26. The molecule has 4 aromatic rings. The van der Waals surface area contributed by atoms with E-state index >= 15 is 0 Å². The number of nitrogens with zero attached hydrogens (tertiary/aromatic N) is 3. The topological polar surface area (TPSA) is 95.3 Å². The summed E-state index contributed by atoms with van der Waals surface area (Å²) in [5, 5.41) is 7.48.